The Balaban J connectivity index is 2.42. The molecule has 0 radical (unpaired) electrons. The van der Waals surface area contributed by atoms with Crippen molar-refractivity contribution in [2.45, 2.75) is 11.8 Å². The first kappa shape index (κ1) is 15.5. The molecule has 102 valence electrons. The molecular weight excluding hydrogens is 482 g/mol. The van der Waals surface area contributed by atoms with Gasteiger partial charge in [-0.05, 0) is 63.0 Å². The lowest BCUT2D eigenvalue weighted by Gasteiger charge is -2.09. The molecule has 3 nitrogen and oxygen atoms in total. The van der Waals surface area contributed by atoms with Crippen molar-refractivity contribution in [3.05, 3.63) is 41.9 Å². The SMILES string of the molecule is Cc1sc(Br)cc1S(=O)(=O)Nc1cc(Br)ccc1Br. The second-order valence-corrected chi connectivity index (χ2v) is 9.76. The van der Waals surface area contributed by atoms with Crippen LogP contribution in [0.2, 0.25) is 0 Å². The highest BCUT2D eigenvalue weighted by molar-refractivity contribution is 9.11. The maximum Gasteiger partial charge on any atom is 0.263 e. The highest BCUT2D eigenvalue weighted by Crippen LogP contribution is 2.33. The van der Waals surface area contributed by atoms with E-state index in [1.165, 1.54) is 11.3 Å². The minimum absolute atomic E-state index is 0.288. The first-order valence-corrected chi connectivity index (χ1v) is 9.71. The highest BCUT2D eigenvalue weighted by atomic mass is 79.9. The van der Waals surface area contributed by atoms with Crippen molar-refractivity contribution in [1.82, 2.24) is 0 Å². The Hall–Kier alpha value is 0.110. The third-order valence-corrected chi connectivity index (χ3v) is 6.66. The average Bonchev–Trinajstić information content (AvgIpc) is 2.63. The molecule has 2 aromatic rings. The van der Waals surface area contributed by atoms with Crippen LogP contribution in [-0.4, -0.2) is 8.42 Å². The van der Waals surface area contributed by atoms with Crippen molar-refractivity contribution in [2.24, 2.45) is 0 Å². The van der Waals surface area contributed by atoms with Gasteiger partial charge in [-0.1, -0.05) is 15.9 Å². The van der Waals surface area contributed by atoms with Crippen molar-refractivity contribution in [3.63, 3.8) is 0 Å². The lowest BCUT2D eigenvalue weighted by atomic mass is 10.3. The number of benzene rings is 1. The highest BCUT2D eigenvalue weighted by Gasteiger charge is 2.20. The maximum absolute atomic E-state index is 12.3. The van der Waals surface area contributed by atoms with Crippen molar-refractivity contribution in [1.29, 1.82) is 0 Å². The van der Waals surface area contributed by atoms with Crippen molar-refractivity contribution in [3.8, 4) is 0 Å². The van der Waals surface area contributed by atoms with Crippen LogP contribution in [0.5, 0.6) is 0 Å². The molecule has 8 heteroatoms. The summed E-state index contributed by atoms with van der Waals surface area (Å²) in [5.41, 5.74) is 0.496. The van der Waals surface area contributed by atoms with Crippen molar-refractivity contribution >= 4 is 74.8 Å². The van der Waals surface area contributed by atoms with Gasteiger partial charge in [0.25, 0.3) is 10.0 Å². The van der Waals surface area contributed by atoms with E-state index in [0.717, 1.165) is 13.1 Å². The van der Waals surface area contributed by atoms with E-state index in [1.54, 1.807) is 25.1 Å². The molecule has 0 unspecified atom stereocenters. The fourth-order valence-electron chi connectivity index (χ4n) is 1.47. The van der Waals surface area contributed by atoms with E-state index in [9.17, 15) is 8.42 Å². The van der Waals surface area contributed by atoms with E-state index < -0.39 is 10.0 Å². The van der Waals surface area contributed by atoms with Gasteiger partial charge in [0.05, 0.1) is 9.47 Å². The van der Waals surface area contributed by atoms with Gasteiger partial charge in [0, 0.05) is 13.8 Å². The number of halogens is 3. The van der Waals surface area contributed by atoms with E-state index >= 15 is 0 Å². The third-order valence-electron chi connectivity index (χ3n) is 2.30. The largest absolute Gasteiger partial charge is 0.278 e. The molecule has 1 aromatic carbocycles. The quantitative estimate of drug-likeness (QED) is 0.648. The van der Waals surface area contributed by atoms with Gasteiger partial charge in [-0.3, -0.25) is 4.72 Å². The smallest absolute Gasteiger partial charge is 0.263 e. The molecule has 0 aliphatic carbocycles. The summed E-state index contributed by atoms with van der Waals surface area (Å²) in [6.07, 6.45) is 0. The number of nitrogens with one attached hydrogen (secondary N) is 1. The van der Waals surface area contributed by atoms with Crippen LogP contribution >= 0.6 is 59.1 Å². The molecule has 1 N–H and O–H groups in total. The zero-order valence-electron chi connectivity index (χ0n) is 9.58. The maximum atomic E-state index is 12.3. The Kier molecular flexibility index (Phi) is 4.77. The van der Waals surface area contributed by atoms with Gasteiger partial charge in [-0.15, -0.1) is 11.3 Å². The molecule has 0 bridgehead atoms. The van der Waals surface area contributed by atoms with Crippen LogP contribution in [0, 0.1) is 6.92 Å². The molecule has 0 saturated heterocycles. The lowest BCUT2D eigenvalue weighted by molar-refractivity contribution is 0.601. The molecule has 19 heavy (non-hydrogen) atoms. The molecule has 0 amide bonds. The summed E-state index contributed by atoms with van der Waals surface area (Å²) in [7, 11) is -3.58. The van der Waals surface area contributed by atoms with Crippen LogP contribution in [0.3, 0.4) is 0 Å². The van der Waals surface area contributed by atoms with Gasteiger partial charge >= 0.3 is 0 Å². The predicted molar refractivity (Wildman–Crippen MR) is 89.4 cm³/mol. The Morgan fingerprint density at radius 3 is 2.42 bits per heavy atom. The molecule has 0 atom stereocenters. The number of thiophene rings is 1. The Morgan fingerprint density at radius 1 is 1.16 bits per heavy atom. The van der Waals surface area contributed by atoms with Gasteiger partial charge in [-0.25, -0.2) is 8.42 Å². The summed E-state index contributed by atoms with van der Waals surface area (Å²) in [5, 5.41) is 0. The predicted octanol–water partition coefficient (Wildman–Crippen LogP) is 5.14. The fraction of sp³-hybridized carbons (Fsp3) is 0.0909. The minimum Gasteiger partial charge on any atom is -0.278 e. The Bertz CT molecular complexity index is 726. The van der Waals surface area contributed by atoms with Crippen LogP contribution in [0.1, 0.15) is 4.88 Å². The number of hydrogen-bond acceptors (Lipinski definition) is 3. The topological polar surface area (TPSA) is 46.2 Å². The standard InChI is InChI=1S/C11H8Br3NO2S2/c1-6-10(5-11(14)18-6)19(16,17)15-9-4-7(12)2-3-8(9)13/h2-5,15H,1H3. The van der Waals surface area contributed by atoms with Crippen LogP contribution in [-0.2, 0) is 10.0 Å². The molecule has 0 aliphatic heterocycles. The molecule has 0 saturated carbocycles. The van der Waals surface area contributed by atoms with Gasteiger partial charge in [0.2, 0.25) is 0 Å². The summed E-state index contributed by atoms with van der Waals surface area (Å²) >= 11 is 11.3. The van der Waals surface area contributed by atoms with E-state index in [2.05, 4.69) is 52.5 Å². The molecular formula is C11H8Br3NO2S2. The summed E-state index contributed by atoms with van der Waals surface area (Å²) in [5.74, 6) is 0. The zero-order chi connectivity index (χ0) is 14.2. The van der Waals surface area contributed by atoms with Crippen LogP contribution in [0.25, 0.3) is 0 Å². The normalized spacial score (nSPS) is 11.6. The Morgan fingerprint density at radius 2 is 1.84 bits per heavy atom. The summed E-state index contributed by atoms with van der Waals surface area (Å²) in [6.45, 7) is 1.78. The minimum atomic E-state index is -3.58. The number of anilines is 1. The van der Waals surface area contributed by atoms with E-state index in [1.807, 2.05) is 6.07 Å². The molecule has 1 aromatic heterocycles. The van der Waals surface area contributed by atoms with Gasteiger partial charge in [0.1, 0.15) is 4.90 Å². The second-order valence-electron chi connectivity index (χ2n) is 3.70. The summed E-state index contributed by atoms with van der Waals surface area (Å²) in [6, 6.07) is 6.92. The van der Waals surface area contributed by atoms with Crippen LogP contribution in [0.15, 0.2) is 41.9 Å². The van der Waals surface area contributed by atoms with Crippen LogP contribution in [0.4, 0.5) is 5.69 Å². The first-order valence-electron chi connectivity index (χ1n) is 5.03. The average molecular weight is 490 g/mol. The molecule has 1 heterocycles. The second kappa shape index (κ2) is 5.85. The van der Waals surface area contributed by atoms with E-state index in [4.69, 9.17) is 0 Å². The molecule has 0 spiro atoms. The molecule has 0 fully saturated rings. The zero-order valence-corrected chi connectivity index (χ0v) is 16.0. The number of sulfonamides is 1. The number of hydrogen-bond donors (Lipinski definition) is 1. The van der Waals surface area contributed by atoms with Crippen molar-refractivity contribution in [2.75, 3.05) is 4.72 Å². The van der Waals surface area contributed by atoms with E-state index in [0.29, 0.717) is 10.2 Å². The number of rotatable bonds is 3. The summed E-state index contributed by atoms with van der Waals surface area (Å²) in [4.78, 5) is 1.03. The van der Waals surface area contributed by atoms with Gasteiger partial charge in [-0.2, -0.15) is 0 Å². The van der Waals surface area contributed by atoms with Crippen molar-refractivity contribution < 1.29 is 8.42 Å². The van der Waals surface area contributed by atoms with Gasteiger partial charge in [0.15, 0.2) is 0 Å². The number of aryl methyl sites for hydroxylation is 1. The fourth-order valence-corrected chi connectivity index (χ4v) is 5.80. The lowest BCUT2D eigenvalue weighted by Crippen LogP contribution is -2.13. The third kappa shape index (κ3) is 3.60. The monoisotopic (exact) mass is 487 g/mol. The first-order chi connectivity index (χ1) is 8.79. The molecule has 2 rings (SSSR count). The Labute approximate surface area is 140 Å². The van der Waals surface area contributed by atoms with Gasteiger partial charge < -0.3 is 0 Å². The summed E-state index contributed by atoms with van der Waals surface area (Å²) < 4.78 is 29.5. The van der Waals surface area contributed by atoms with E-state index in [-0.39, 0.29) is 4.90 Å². The van der Waals surface area contributed by atoms with Crippen LogP contribution < -0.4 is 4.72 Å². The molecule has 0 aliphatic rings.